The summed E-state index contributed by atoms with van der Waals surface area (Å²) in [6.07, 6.45) is 2.56. The summed E-state index contributed by atoms with van der Waals surface area (Å²) in [4.78, 5) is 0. The lowest BCUT2D eigenvalue weighted by molar-refractivity contribution is 0.139. The van der Waals surface area contributed by atoms with Crippen LogP contribution >= 0.6 is 0 Å². The first-order valence-electron chi connectivity index (χ1n) is 4.55. The predicted octanol–water partition coefficient (Wildman–Crippen LogP) is 2.44. The molecule has 0 heterocycles. The molecule has 2 nitrogen and oxygen atoms in total. The van der Waals surface area contributed by atoms with Gasteiger partial charge < -0.3 is 5.11 Å². The maximum absolute atomic E-state index is 9.86. The Morgan fingerprint density at radius 3 is 2.57 bits per heavy atom. The highest BCUT2D eigenvalue weighted by Gasteiger charge is 2.12. The van der Waals surface area contributed by atoms with Gasteiger partial charge in [-0.2, -0.15) is 5.26 Å². The smallest absolute Gasteiger partial charge is 0.0908 e. The molecule has 0 amide bonds. The number of aliphatic hydroxyl groups excluding tert-OH is 1. The summed E-state index contributed by atoms with van der Waals surface area (Å²) >= 11 is 0. The van der Waals surface area contributed by atoms with Crippen LogP contribution in [-0.4, -0.2) is 5.11 Å². The summed E-state index contributed by atoms with van der Waals surface area (Å²) < 4.78 is 0. The first kappa shape index (κ1) is 10.5. The van der Waals surface area contributed by atoms with Gasteiger partial charge in [-0.3, -0.25) is 0 Å². The Morgan fingerprint density at radius 2 is 2.00 bits per heavy atom. The second kappa shape index (κ2) is 5.21. The van der Waals surface area contributed by atoms with Crippen molar-refractivity contribution >= 4 is 0 Å². The minimum atomic E-state index is -0.541. The molecule has 1 aromatic carbocycles. The minimum absolute atomic E-state index is 0.0444. The number of hydrogen-bond donors (Lipinski definition) is 1. The second-order valence-corrected chi connectivity index (χ2v) is 3.20. The Hall–Kier alpha value is -1.59. The zero-order valence-corrected chi connectivity index (χ0v) is 8.09. The average Bonchev–Trinajstić information content (AvgIpc) is 2.26. The molecule has 0 spiro atoms. The molecule has 0 aliphatic rings. The highest BCUT2D eigenvalue weighted by atomic mass is 16.3. The van der Waals surface area contributed by atoms with Gasteiger partial charge in [-0.25, -0.2) is 0 Å². The van der Waals surface area contributed by atoms with E-state index in [1.165, 1.54) is 6.08 Å². The van der Waals surface area contributed by atoms with Crippen molar-refractivity contribution in [3.63, 3.8) is 0 Å². The number of nitrogens with zero attached hydrogens (tertiary/aromatic N) is 1. The molecule has 0 saturated carbocycles. The standard InChI is InChI=1S/C12H13NO/c1-10(6-5-9-13)12(14)11-7-3-2-4-8-11/h2-8,10,12,14H,1H3/b6-5+/t10-,12-/m0/s1. The van der Waals surface area contributed by atoms with Crippen LogP contribution in [0, 0.1) is 17.2 Å². The lowest BCUT2D eigenvalue weighted by Gasteiger charge is -2.15. The van der Waals surface area contributed by atoms with Crippen molar-refractivity contribution in [2.45, 2.75) is 13.0 Å². The third-order valence-electron chi connectivity index (χ3n) is 2.11. The third kappa shape index (κ3) is 2.72. The molecule has 2 heteroatoms. The van der Waals surface area contributed by atoms with Crippen molar-refractivity contribution in [1.82, 2.24) is 0 Å². The monoisotopic (exact) mass is 187 g/mol. The van der Waals surface area contributed by atoms with Crippen molar-refractivity contribution in [1.29, 1.82) is 5.26 Å². The van der Waals surface area contributed by atoms with Gasteiger partial charge in [0.2, 0.25) is 0 Å². The van der Waals surface area contributed by atoms with Gasteiger partial charge in [0, 0.05) is 12.0 Å². The van der Waals surface area contributed by atoms with Crippen LogP contribution in [0.25, 0.3) is 0 Å². The fourth-order valence-electron chi connectivity index (χ4n) is 1.25. The van der Waals surface area contributed by atoms with Gasteiger partial charge in [0.05, 0.1) is 12.2 Å². The Bertz CT molecular complexity index is 337. The van der Waals surface area contributed by atoms with Crippen molar-refractivity contribution in [3.05, 3.63) is 48.0 Å². The average molecular weight is 187 g/mol. The second-order valence-electron chi connectivity index (χ2n) is 3.20. The van der Waals surface area contributed by atoms with Gasteiger partial charge in [0.25, 0.3) is 0 Å². The molecule has 0 saturated heterocycles. The molecule has 0 aliphatic carbocycles. The molecule has 1 N–H and O–H groups in total. The van der Waals surface area contributed by atoms with Crippen molar-refractivity contribution in [2.75, 3.05) is 0 Å². The van der Waals surface area contributed by atoms with Gasteiger partial charge in [-0.05, 0) is 5.56 Å². The van der Waals surface area contributed by atoms with Crippen molar-refractivity contribution in [3.8, 4) is 6.07 Å². The third-order valence-corrected chi connectivity index (χ3v) is 2.11. The van der Waals surface area contributed by atoms with E-state index in [0.717, 1.165) is 5.56 Å². The number of benzene rings is 1. The molecule has 0 aromatic heterocycles. The fourth-order valence-corrected chi connectivity index (χ4v) is 1.25. The number of nitriles is 1. The van der Waals surface area contributed by atoms with E-state index in [2.05, 4.69) is 0 Å². The summed E-state index contributed by atoms with van der Waals surface area (Å²) in [7, 11) is 0. The number of hydrogen-bond acceptors (Lipinski definition) is 2. The Kier molecular flexibility index (Phi) is 3.90. The van der Waals surface area contributed by atoms with E-state index >= 15 is 0 Å². The number of rotatable bonds is 3. The van der Waals surface area contributed by atoms with E-state index in [9.17, 15) is 5.11 Å². The quantitative estimate of drug-likeness (QED) is 0.738. The summed E-state index contributed by atoms with van der Waals surface area (Å²) in [6.45, 7) is 1.88. The Balaban J connectivity index is 2.71. The van der Waals surface area contributed by atoms with Gasteiger partial charge in [-0.1, -0.05) is 43.3 Å². The molecule has 2 atom stereocenters. The van der Waals surface area contributed by atoms with Crippen LogP contribution in [0.3, 0.4) is 0 Å². The van der Waals surface area contributed by atoms with Gasteiger partial charge in [0.15, 0.2) is 0 Å². The Labute approximate surface area is 84.1 Å². The largest absolute Gasteiger partial charge is 0.388 e. The summed E-state index contributed by atoms with van der Waals surface area (Å²) in [6, 6.07) is 11.4. The first-order valence-corrected chi connectivity index (χ1v) is 4.55. The van der Waals surface area contributed by atoms with Crippen LogP contribution in [0.5, 0.6) is 0 Å². The summed E-state index contributed by atoms with van der Waals surface area (Å²) in [5, 5.41) is 18.2. The molecule has 0 aliphatic heterocycles. The molecule has 0 unspecified atom stereocenters. The predicted molar refractivity (Wildman–Crippen MR) is 55.3 cm³/mol. The van der Waals surface area contributed by atoms with Crippen LogP contribution in [0.2, 0.25) is 0 Å². The Morgan fingerprint density at radius 1 is 1.36 bits per heavy atom. The lowest BCUT2D eigenvalue weighted by atomic mass is 9.97. The van der Waals surface area contributed by atoms with E-state index in [-0.39, 0.29) is 5.92 Å². The summed E-state index contributed by atoms with van der Waals surface area (Å²) in [5.41, 5.74) is 0.877. The molecular weight excluding hydrogens is 174 g/mol. The van der Waals surface area contributed by atoms with E-state index in [4.69, 9.17) is 5.26 Å². The maximum Gasteiger partial charge on any atom is 0.0908 e. The van der Waals surface area contributed by atoms with E-state index < -0.39 is 6.10 Å². The zero-order chi connectivity index (χ0) is 10.4. The van der Waals surface area contributed by atoms with Gasteiger partial charge in [0.1, 0.15) is 0 Å². The highest BCUT2D eigenvalue weighted by Crippen LogP contribution is 2.21. The lowest BCUT2D eigenvalue weighted by Crippen LogP contribution is -2.06. The van der Waals surface area contributed by atoms with Crippen LogP contribution in [-0.2, 0) is 0 Å². The normalized spacial score (nSPS) is 14.9. The maximum atomic E-state index is 9.86. The van der Waals surface area contributed by atoms with Crippen LogP contribution in [0.4, 0.5) is 0 Å². The van der Waals surface area contributed by atoms with E-state index in [1.807, 2.05) is 43.3 Å². The zero-order valence-electron chi connectivity index (χ0n) is 8.09. The van der Waals surface area contributed by atoms with Gasteiger partial charge in [-0.15, -0.1) is 0 Å². The van der Waals surface area contributed by atoms with Crippen LogP contribution < -0.4 is 0 Å². The topological polar surface area (TPSA) is 44.0 Å². The SMILES string of the molecule is C[C@@H](/C=C/C#N)[C@H](O)c1ccccc1. The molecule has 0 radical (unpaired) electrons. The van der Waals surface area contributed by atoms with Crippen molar-refractivity contribution < 1.29 is 5.11 Å². The van der Waals surface area contributed by atoms with Crippen LogP contribution in [0.15, 0.2) is 42.5 Å². The van der Waals surface area contributed by atoms with Crippen molar-refractivity contribution in [2.24, 2.45) is 5.92 Å². The number of aliphatic hydroxyl groups is 1. The minimum Gasteiger partial charge on any atom is -0.388 e. The molecular formula is C12H13NO. The highest BCUT2D eigenvalue weighted by molar-refractivity contribution is 5.19. The fraction of sp³-hybridized carbons (Fsp3) is 0.250. The van der Waals surface area contributed by atoms with E-state index in [0.29, 0.717) is 0 Å². The number of allylic oxidation sites excluding steroid dienone is 1. The molecule has 0 fully saturated rings. The molecule has 1 aromatic rings. The first-order chi connectivity index (χ1) is 6.75. The summed E-state index contributed by atoms with van der Waals surface area (Å²) in [5.74, 6) is -0.0444. The van der Waals surface area contributed by atoms with Gasteiger partial charge >= 0.3 is 0 Å². The molecule has 72 valence electrons. The molecule has 0 bridgehead atoms. The molecule has 14 heavy (non-hydrogen) atoms. The molecule has 1 rings (SSSR count). The van der Waals surface area contributed by atoms with E-state index in [1.54, 1.807) is 6.08 Å². The van der Waals surface area contributed by atoms with Crippen LogP contribution in [0.1, 0.15) is 18.6 Å².